The zero-order chi connectivity index (χ0) is 14.7. The summed E-state index contributed by atoms with van der Waals surface area (Å²) in [6.45, 7) is 3.40. The monoisotopic (exact) mass is 278 g/mol. The van der Waals surface area contributed by atoms with Gasteiger partial charge in [-0.25, -0.2) is 9.89 Å². The topological polar surface area (TPSA) is 126 Å². The van der Waals surface area contributed by atoms with E-state index in [-0.39, 0.29) is 24.3 Å². The minimum absolute atomic E-state index is 0.0739. The minimum Gasteiger partial charge on any atom is -0.466 e. The third-order valence-electron chi connectivity index (χ3n) is 2.70. The number of carbonyl (C=O) groups is 1. The predicted octanol–water partition coefficient (Wildman–Crippen LogP) is -0.305. The zero-order valence-electron chi connectivity index (χ0n) is 11.3. The number of amides is 1. The Morgan fingerprint density at radius 3 is 2.70 bits per heavy atom. The summed E-state index contributed by atoms with van der Waals surface area (Å²) in [5.74, 6) is -0.108. The molecule has 0 saturated heterocycles. The fraction of sp³-hybridized carbons (Fsp3) is 0.364. The molecule has 106 valence electrons. The van der Waals surface area contributed by atoms with E-state index in [0.29, 0.717) is 17.0 Å². The number of hydrogen-bond acceptors (Lipinski definition) is 6. The average Bonchev–Trinajstić information content (AvgIpc) is 2.81. The zero-order valence-corrected chi connectivity index (χ0v) is 11.3. The van der Waals surface area contributed by atoms with Crippen LogP contribution in [0, 0.1) is 13.8 Å². The quantitative estimate of drug-likeness (QED) is 0.704. The third kappa shape index (κ3) is 2.99. The molecule has 0 saturated carbocycles. The molecule has 2 aromatic rings. The molecule has 0 unspecified atom stereocenters. The van der Waals surface area contributed by atoms with E-state index in [1.165, 1.54) is 7.11 Å². The first-order valence-electron chi connectivity index (χ1n) is 5.82. The lowest BCUT2D eigenvalue weighted by molar-refractivity contribution is -0.115. The van der Waals surface area contributed by atoms with Crippen LogP contribution in [0.2, 0.25) is 0 Å². The molecule has 0 fully saturated rings. The number of nitrogens with one attached hydrogen (secondary N) is 3. The van der Waals surface area contributed by atoms with Crippen LogP contribution in [-0.4, -0.2) is 38.2 Å². The van der Waals surface area contributed by atoms with Crippen LogP contribution < -0.4 is 15.7 Å². The van der Waals surface area contributed by atoms with Crippen LogP contribution in [0.15, 0.2) is 4.79 Å². The van der Waals surface area contributed by atoms with E-state index < -0.39 is 5.69 Å². The van der Waals surface area contributed by atoms with Gasteiger partial charge in [-0.1, -0.05) is 0 Å². The van der Waals surface area contributed by atoms with Crippen molar-refractivity contribution in [1.29, 1.82) is 0 Å². The van der Waals surface area contributed by atoms with E-state index in [0.717, 1.165) is 0 Å². The van der Waals surface area contributed by atoms with Gasteiger partial charge in [0.1, 0.15) is 0 Å². The first kappa shape index (κ1) is 13.7. The summed E-state index contributed by atoms with van der Waals surface area (Å²) in [5, 5.41) is 8.78. The Labute approximate surface area is 113 Å². The second kappa shape index (κ2) is 5.51. The van der Waals surface area contributed by atoms with E-state index in [2.05, 4.69) is 30.5 Å². The number of rotatable bonds is 4. The molecule has 3 N–H and O–H groups in total. The SMILES string of the molecule is COc1n[nH]c(NC(=O)Cc2c(C)nc(=O)[nH]c2C)n1. The van der Waals surface area contributed by atoms with Gasteiger partial charge in [-0.3, -0.25) is 10.1 Å². The van der Waals surface area contributed by atoms with E-state index in [1.54, 1.807) is 13.8 Å². The smallest absolute Gasteiger partial charge is 0.345 e. The molecule has 0 spiro atoms. The maximum Gasteiger partial charge on any atom is 0.345 e. The van der Waals surface area contributed by atoms with Gasteiger partial charge in [0.25, 0.3) is 0 Å². The number of hydrogen-bond donors (Lipinski definition) is 3. The summed E-state index contributed by atoms with van der Waals surface area (Å²) in [6, 6.07) is 0.137. The van der Waals surface area contributed by atoms with Gasteiger partial charge < -0.3 is 9.72 Å². The highest BCUT2D eigenvalue weighted by molar-refractivity contribution is 5.90. The Bertz CT molecular complexity index is 663. The second-order valence-corrected chi connectivity index (χ2v) is 4.13. The molecule has 0 aliphatic carbocycles. The summed E-state index contributed by atoms with van der Waals surface area (Å²) in [6.07, 6.45) is 0.0739. The molecule has 0 bridgehead atoms. The molecule has 0 aliphatic rings. The van der Waals surface area contributed by atoms with Crippen LogP contribution in [0.25, 0.3) is 0 Å². The van der Waals surface area contributed by atoms with E-state index in [4.69, 9.17) is 4.74 Å². The van der Waals surface area contributed by atoms with Gasteiger partial charge in [-0.2, -0.15) is 9.97 Å². The number of aromatic amines is 2. The highest BCUT2D eigenvalue weighted by Gasteiger charge is 2.13. The lowest BCUT2D eigenvalue weighted by atomic mass is 10.1. The van der Waals surface area contributed by atoms with Crippen molar-refractivity contribution >= 4 is 11.9 Å². The fourth-order valence-corrected chi connectivity index (χ4v) is 1.75. The first-order chi connectivity index (χ1) is 9.49. The van der Waals surface area contributed by atoms with Crippen LogP contribution >= 0.6 is 0 Å². The summed E-state index contributed by atoms with van der Waals surface area (Å²) in [5.41, 5.74) is 1.39. The Morgan fingerprint density at radius 2 is 2.10 bits per heavy atom. The first-order valence-corrected chi connectivity index (χ1v) is 5.82. The highest BCUT2D eigenvalue weighted by atomic mass is 16.5. The van der Waals surface area contributed by atoms with Crippen molar-refractivity contribution in [2.24, 2.45) is 0 Å². The molecule has 2 aromatic heterocycles. The molecule has 9 heteroatoms. The Hall–Kier alpha value is -2.71. The van der Waals surface area contributed by atoms with Crippen LogP contribution in [0.1, 0.15) is 17.0 Å². The number of anilines is 1. The van der Waals surface area contributed by atoms with E-state index >= 15 is 0 Å². The maximum absolute atomic E-state index is 11.9. The van der Waals surface area contributed by atoms with Gasteiger partial charge in [0.2, 0.25) is 11.9 Å². The van der Waals surface area contributed by atoms with Crippen LogP contribution in [0.4, 0.5) is 5.95 Å². The normalized spacial score (nSPS) is 10.3. The number of aromatic nitrogens is 5. The molecule has 2 heterocycles. The van der Waals surface area contributed by atoms with Crippen molar-refractivity contribution < 1.29 is 9.53 Å². The molecule has 0 aliphatic heterocycles. The number of aryl methyl sites for hydroxylation is 2. The minimum atomic E-state index is -0.427. The van der Waals surface area contributed by atoms with Crippen molar-refractivity contribution in [3.8, 4) is 6.01 Å². The predicted molar refractivity (Wildman–Crippen MR) is 69.6 cm³/mol. The second-order valence-electron chi connectivity index (χ2n) is 4.13. The highest BCUT2D eigenvalue weighted by Crippen LogP contribution is 2.10. The molecular weight excluding hydrogens is 264 g/mol. The largest absolute Gasteiger partial charge is 0.466 e. The Kier molecular flexibility index (Phi) is 3.78. The molecule has 0 aromatic carbocycles. The number of carbonyl (C=O) groups excluding carboxylic acids is 1. The molecule has 9 nitrogen and oxygen atoms in total. The third-order valence-corrected chi connectivity index (χ3v) is 2.70. The molecule has 2 rings (SSSR count). The van der Waals surface area contributed by atoms with Crippen molar-refractivity contribution in [1.82, 2.24) is 25.1 Å². The summed E-state index contributed by atoms with van der Waals surface area (Å²) in [4.78, 5) is 33.3. The summed E-state index contributed by atoms with van der Waals surface area (Å²) >= 11 is 0. The summed E-state index contributed by atoms with van der Waals surface area (Å²) < 4.78 is 4.79. The maximum atomic E-state index is 11.9. The van der Waals surface area contributed by atoms with Gasteiger partial charge >= 0.3 is 11.7 Å². The molecule has 0 atom stereocenters. The molecule has 0 radical (unpaired) electrons. The van der Waals surface area contributed by atoms with E-state index in [1.807, 2.05) is 0 Å². The van der Waals surface area contributed by atoms with Crippen molar-refractivity contribution in [3.05, 3.63) is 27.4 Å². The lowest BCUT2D eigenvalue weighted by Gasteiger charge is -2.07. The lowest BCUT2D eigenvalue weighted by Crippen LogP contribution is -2.21. The van der Waals surface area contributed by atoms with Gasteiger partial charge in [-0.15, -0.1) is 5.10 Å². The van der Waals surface area contributed by atoms with Crippen LogP contribution in [0.3, 0.4) is 0 Å². The van der Waals surface area contributed by atoms with Crippen molar-refractivity contribution in [2.75, 3.05) is 12.4 Å². The fourth-order valence-electron chi connectivity index (χ4n) is 1.75. The Balaban J connectivity index is 2.10. The summed E-state index contributed by atoms with van der Waals surface area (Å²) in [7, 11) is 1.42. The standard InChI is InChI=1S/C11H14N6O3/c1-5-7(6(2)13-10(19)12-5)4-8(18)14-9-15-11(20-3)17-16-9/h4H2,1-3H3,(H,12,13,19)(H2,14,15,16,17,18). The number of nitrogens with zero attached hydrogens (tertiary/aromatic N) is 3. The van der Waals surface area contributed by atoms with Crippen molar-refractivity contribution in [2.45, 2.75) is 20.3 Å². The van der Waals surface area contributed by atoms with Gasteiger partial charge in [-0.05, 0) is 13.8 Å². The molecule has 20 heavy (non-hydrogen) atoms. The number of H-pyrrole nitrogens is 2. The van der Waals surface area contributed by atoms with Gasteiger partial charge in [0, 0.05) is 17.0 Å². The van der Waals surface area contributed by atoms with Crippen LogP contribution in [0.5, 0.6) is 6.01 Å². The average molecular weight is 278 g/mol. The molecule has 1 amide bonds. The number of ether oxygens (including phenoxy) is 1. The van der Waals surface area contributed by atoms with Crippen LogP contribution in [-0.2, 0) is 11.2 Å². The van der Waals surface area contributed by atoms with E-state index in [9.17, 15) is 9.59 Å². The van der Waals surface area contributed by atoms with Gasteiger partial charge in [0.15, 0.2) is 0 Å². The number of methoxy groups -OCH3 is 1. The molecular formula is C11H14N6O3. The van der Waals surface area contributed by atoms with Gasteiger partial charge in [0.05, 0.1) is 13.5 Å². The Morgan fingerprint density at radius 1 is 1.35 bits per heavy atom. The van der Waals surface area contributed by atoms with Crippen molar-refractivity contribution in [3.63, 3.8) is 0 Å².